The van der Waals surface area contributed by atoms with Crippen molar-refractivity contribution in [1.82, 2.24) is 5.43 Å². The van der Waals surface area contributed by atoms with E-state index in [4.69, 9.17) is 9.47 Å². The molecule has 10 heteroatoms. The Kier molecular flexibility index (Phi) is 8.09. The molecule has 33 heavy (non-hydrogen) atoms. The summed E-state index contributed by atoms with van der Waals surface area (Å²) >= 11 is 3.10. The zero-order valence-electron chi connectivity index (χ0n) is 17.3. The fourth-order valence-corrected chi connectivity index (χ4v) is 2.97. The second kappa shape index (κ2) is 11.2. The van der Waals surface area contributed by atoms with Crippen LogP contribution in [0, 0.1) is 11.6 Å². The first-order chi connectivity index (χ1) is 15.9. The number of methoxy groups -OCH3 is 1. The van der Waals surface area contributed by atoms with Gasteiger partial charge in [-0.2, -0.15) is 5.10 Å². The van der Waals surface area contributed by atoms with Gasteiger partial charge in [0.25, 0.3) is 0 Å². The normalized spacial score (nSPS) is 10.7. The zero-order valence-corrected chi connectivity index (χ0v) is 18.9. The molecule has 0 spiro atoms. The van der Waals surface area contributed by atoms with Crippen LogP contribution in [-0.2, 0) is 16.2 Å². The van der Waals surface area contributed by atoms with E-state index in [1.165, 1.54) is 31.5 Å². The maximum absolute atomic E-state index is 13.8. The highest BCUT2D eigenvalue weighted by molar-refractivity contribution is 9.10. The van der Waals surface area contributed by atoms with Gasteiger partial charge < -0.3 is 14.8 Å². The van der Waals surface area contributed by atoms with Gasteiger partial charge in [-0.3, -0.25) is 9.59 Å². The molecular weight excluding hydrogens is 500 g/mol. The summed E-state index contributed by atoms with van der Waals surface area (Å²) in [5.41, 5.74) is 2.85. The summed E-state index contributed by atoms with van der Waals surface area (Å²) in [5.74, 6) is -2.47. The van der Waals surface area contributed by atoms with Crippen LogP contribution in [0.15, 0.2) is 70.2 Å². The van der Waals surface area contributed by atoms with Crippen LogP contribution >= 0.6 is 15.9 Å². The van der Waals surface area contributed by atoms with E-state index in [1.807, 2.05) is 0 Å². The first-order valence-electron chi connectivity index (χ1n) is 9.51. The summed E-state index contributed by atoms with van der Waals surface area (Å²) in [5, 5.41) is 5.88. The Morgan fingerprint density at radius 1 is 1.00 bits per heavy atom. The van der Waals surface area contributed by atoms with E-state index < -0.39 is 17.6 Å². The Bertz CT molecular complexity index is 1200. The maximum atomic E-state index is 13.8. The average Bonchev–Trinajstić information content (AvgIpc) is 2.80. The summed E-state index contributed by atoms with van der Waals surface area (Å²) < 4.78 is 38.9. The number of carbonyl (C=O) groups excluding carboxylic acids is 2. The number of halogens is 3. The Morgan fingerprint density at radius 3 is 2.52 bits per heavy atom. The fourth-order valence-electron chi connectivity index (χ4n) is 2.64. The Labute approximate surface area is 196 Å². The van der Waals surface area contributed by atoms with Crippen LogP contribution in [-0.4, -0.2) is 25.1 Å². The lowest BCUT2D eigenvalue weighted by atomic mass is 10.2. The Balaban J connectivity index is 1.58. The van der Waals surface area contributed by atoms with Crippen molar-refractivity contribution < 1.29 is 27.8 Å². The molecule has 0 saturated heterocycles. The van der Waals surface area contributed by atoms with Gasteiger partial charge in [-0.1, -0.05) is 34.1 Å². The molecule has 170 valence electrons. The maximum Gasteiger partial charge on any atom is 0.329 e. The second-order valence-corrected chi connectivity index (χ2v) is 7.48. The van der Waals surface area contributed by atoms with E-state index in [1.54, 1.807) is 36.4 Å². The lowest BCUT2D eigenvalue weighted by molar-refractivity contribution is -0.136. The molecule has 0 heterocycles. The molecule has 0 atom stereocenters. The number of hydrogen-bond acceptors (Lipinski definition) is 5. The summed E-state index contributed by atoms with van der Waals surface area (Å²) in [7, 11) is 1.44. The first kappa shape index (κ1) is 23.9. The molecule has 0 aliphatic heterocycles. The minimum atomic E-state index is -1.08. The van der Waals surface area contributed by atoms with Crippen LogP contribution in [0.3, 0.4) is 0 Å². The third-order valence-corrected chi connectivity index (χ3v) is 4.79. The standard InChI is InChI=1S/C23H18BrF2N3O4/c1-32-21-10-14(6-9-20(21)33-13-15-4-2-3-5-17(15)25)12-27-29-23(31)22(30)28-19-8-7-16(24)11-18(19)26/h2-12H,13H2,1H3,(H,28,30)(H,29,31)/b27-12+. The monoisotopic (exact) mass is 517 g/mol. The summed E-state index contributed by atoms with van der Waals surface area (Å²) in [6.07, 6.45) is 1.29. The molecule has 0 unspecified atom stereocenters. The molecule has 0 aromatic heterocycles. The topological polar surface area (TPSA) is 89.0 Å². The van der Waals surface area contributed by atoms with Crippen LogP contribution in [0.2, 0.25) is 0 Å². The van der Waals surface area contributed by atoms with Crippen molar-refractivity contribution in [2.75, 3.05) is 12.4 Å². The molecular formula is C23H18BrF2N3O4. The van der Waals surface area contributed by atoms with Gasteiger partial charge in [0.2, 0.25) is 0 Å². The van der Waals surface area contributed by atoms with Gasteiger partial charge in [-0.05, 0) is 48.0 Å². The zero-order chi connectivity index (χ0) is 23.8. The minimum absolute atomic E-state index is 0.0145. The highest BCUT2D eigenvalue weighted by Crippen LogP contribution is 2.28. The van der Waals surface area contributed by atoms with Crippen molar-refractivity contribution in [3.05, 3.63) is 87.9 Å². The minimum Gasteiger partial charge on any atom is -0.493 e. The smallest absolute Gasteiger partial charge is 0.329 e. The van der Waals surface area contributed by atoms with Crippen LogP contribution < -0.4 is 20.2 Å². The van der Waals surface area contributed by atoms with Crippen molar-refractivity contribution in [2.24, 2.45) is 5.10 Å². The molecule has 3 aromatic carbocycles. The first-order valence-corrected chi connectivity index (χ1v) is 10.3. The van der Waals surface area contributed by atoms with Crippen molar-refractivity contribution >= 4 is 39.6 Å². The molecule has 0 bridgehead atoms. The number of ether oxygens (including phenoxy) is 2. The molecule has 0 aliphatic rings. The molecule has 0 fully saturated rings. The van der Waals surface area contributed by atoms with Crippen molar-refractivity contribution in [3.8, 4) is 11.5 Å². The number of hydrazone groups is 1. The Hall–Kier alpha value is -3.79. The average molecular weight is 518 g/mol. The van der Waals surface area contributed by atoms with Gasteiger partial charge in [-0.25, -0.2) is 14.2 Å². The van der Waals surface area contributed by atoms with E-state index in [0.717, 1.165) is 6.07 Å². The molecule has 7 nitrogen and oxygen atoms in total. The van der Waals surface area contributed by atoms with Crippen molar-refractivity contribution in [3.63, 3.8) is 0 Å². The van der Waals surface area contributed by atoms with Crippen LogP contribution in [0.5, 0.6) is 11.5 Å². The van der Waals surface area contributed by atoms with Gasteiger partial charge in [0.15, 0.2) is 11.5 Å². The number of nitrogens with zero attached hydrogens (tertiary/aromatic N) is 1. The van der Waals surface area contributed by atoms with Crippen molar-refractivity contribution in [2.45, 2.75) is 6.61 Å². The third-order valence-electron chi connectivity index (χ3n) is 4.29. The summed E-state index contributed by atoms with van der Waals surface area (Å²) in [6.45, 7) is 0.0145. The number of benzene rings is 3. The molecule has 0 aliphatic carbocycles. The van der Waals surface area contributed by atoms with Gasteiger partial charge in [0.05, 0.1) is 19.0 Å². The van der Waals surface area contributed by atoms with E-state index in [9.17, 15) is 18.4 Å². The van der Waals surface area contributed by atoms with E-state index in [0.29, 0.717) is 27.1 Å². The highest BCUT2D eigenvalue weighted by Gasteiger charge is 2.15. The van der Waals surface area contributed by atoms with E-state index in [2.05, 4.69) is 31.8 Å². The quantitative estimate of drug-likeness (QED) is 0.276. The predicted octanol–water partition coefficient (Wildman–Crippen LogP) is 4.40. The van der Waals surface area contributed by atoms with Crippen LogP contribution in [0.1, 0.15) is 11.1 Å². The molecule has 3 rings (SSSR count). The highest BCUT2D eigenvalue weighted by atomic mass is 79.9. The van der Waals surface area contributed by atoms with Crippen LogP contribution in [0.25, 0.3) is 0 Å². The SMILES string of the molecule is COc1cc(/C=N/NC(=O)C(=O)Nc2ccc(Br)cc2F)ccc1OCc1ccccc1F. The molecule has 2 amide bonds. The number of hydrogen-bond donors (Lipinski definition) is 2. The van der Waals surface area contributed by atoms with Gasteiger partial charge >= 0.3 is 11.8 Å². The lowest BCUT2D eigenvalue weighted by Crippen LogP contribution is -2.32. The molecule has 2 N–H and O–H groups in total. The summed E-state index contributed by atoms with van der Waals surface area (Å²) in [6, 6.07) is 15.1. The number of rotatable bonds is 7. The predicted molar refractivity (Wildman–Crippen MR) is 122 cm³/mol. The van der Waals surface area contributed by atoms with E-state index >= 15 is 0 Å². The lowest BCUT2D eigenvalue weighted by Gasteiger charge is -2.11. The van der Waals surface area contributed by atoms with Gasteiger partial charge in [0.1, 0.15) is 18.2 Å². The second-order valence-electron chi connectivity index (χ2n) is 6.57. The summed E-state index contributed by atoms with van der Waals surface area (Å²) in [4.78, 5) is 23.8. The van der Waals surface area contributed by atoms with Crippen molar-refractivity contribution in [1.29, 1.82) is 0 Å². The van der Waals surface area contributed by atoms with Gasteiger partial charge in [-0.15, -0.1) is 0 Å². The number of amides is 2. The molecule has 3 aromatic rings. The fraction of sp³-hybridized carbons (Fsp3) is 0.0870. The van der Waals surface area contributed by atoms with Crippen LogP contribution in [0.4, 0.5) is 14.5 Å². The Morgan fingerprint density at radius 2 is 1.79 bits per heavy atom. The largest absolute Gasteiger partial charge is 0.493 e. The molecule has 0 radical (unpaired) electrons. The van der Waals surface area contributed by atoms with Gasteiger partial charge in [0, 0.05) is 10.0 Å². The number of carbonyl (C=O) groups is 2. The number of nitrogens with one attached hydrogen (secondary N) is 2. The number of anilines is 1. The molecule has 0 saturated carbocycles. The third kappa shape index (κ3) is 6.59. The van der Waals surface area contributed by atoms with E-state index in [-0.39, 0.29) is 18.1 Å².